The van der Waals surface area contributed by atoms with Crippen LogP contribution in [0, 0.1) is 30.3 Å². The van der Waals surface area contributed by atoms with Gasteiger partial charge < -0.3 is 21.1 Å². The number of thioether (sulfide) groups is 1. The van der Waals surface area contributed by atoms with E-state index in [-0.39, 0.29) is 32.4 Å². The Balaban J connectivity index is 0.000000204. The van der Waals surface area contributed by atoms with Crippen LogP contribution in [0.1, 0.15) is 95.4 Å². The minimum Gasteiger partial charge on any atom is -0.769 e. The van der Waals surface area contributed by atoms with E-state index in [1.807, 2.05) is 11.8 Å². The van der Waals surface area contributed by atoms with Crippen LogP contribution in [0.3, 0.4) is 0 Å². The molecule has 0 aromatic heterocycles. The van der Waals surface area contributed by atoms with Crippen molar-refractivity contribution in [3.63, 3.8) is 0 Å². The van der Waals surface area contributed by atoms with Crippen LogP contribution in [0.5, 0.6) is 0 Å². The molecule has 1 radical (unpaired) electrons. The van der Waals surface area contributed by atoms with Crippen molar-refractivity contribution in [1.82, 2.24) is 5.32 Å². The monoisotopic (exact) mass is 715 g/mol. The zero-order valence-electron chi connectivity index (χ0n) is 25.9. The van der Waals surface area contributed by atoms with Crippen LogP contribution < -0.4 is 5.32 Å². The van der Waals surface area contributed by atoms with Crippen LogP contribution in [-0.2, 0) is 24.8 Å². The van der Waals surface area contributed by atoms with Gasteiger partial charge in [0.1, 0.15) is 6.23 Å². The van der Waals surface area contributed by atoms with E-state index in [0.29, 0.717) is 23.5 Å². The van der Waals surface area contributed by atoms with E-state index in [0.717, 1.165) is 56.9 Å². The van der Waals surface area contributed by atoms with Crippen molar-refractivity contribution in [2.75, 3.05) is 13.1 Å². The molecule has 7 rings (SSSR count). The fourth-order valence-electron chi connectivity index (χ4n) is 7.05. The van der Waals surface area contributed by atoms with Crippen LogP contribution in [0.2, 0.25) is 0 Å². The molecule has 7 atom stereocenters. The van der Waals surface area contributed by atoms with E-state index in [4.69, 9.17) is 14.2 Å². The molecule has 6 heteroatoms. The molecule has 0 aromatic rings. The molecule has 3 unspecified atom stereocenters. The summed E-state index contributed by atoms with van der Waals surface area (Å²) >= 11 is 2.03. The van der Waals surface area contributed by atoms with E-state index in [9.17, 15) is 0 Å². The van der Waals surface area contributed by atoms with E-state index in [2.05, 4.69) is 43.1 Å². The first-order valence-corrected chi connectivity index (χ1v) is 15.7. The van der Waals surface area contributed by atoms with Crippen LogP contribution in [0.4, 0.5) is 0 Å². The fourth-order valence-corrected chi connectivity index (χ4v) is 8.39. The Morgan fingerprint density at radius 1 is 1.21 bits per heavy atom. The number of piperidine rings is 1. The van der Waals surface area contributed by atoms with Crippen molar-refractivity contribution >= 4 is 11.8 Å². The molecule has 2 aliphatic carbocycles. The van der Waals surface area contributed by atoms with Crippen LogP contribution in [0.15, 0.2) is 39.2 Å². The third kappa shape index (κ3) is 6.30. The van der Waals surface area contributed by atoms with Gasteiger partial charge in [0.2, 0.25) is 0 Å². The SMILES string of the molecule is C[C@H]1CC=C(C2=[C-]CCCC2)[N-]C1.[2H]C([2H])([2H])[C@@H]1CCC2C(N1)OC1=C([C@H]3CC4=C(C[N-]3)C[C@H](C)S4)[CH-]CCC12.[Ir]. The molecular formula is C32H45IrN3OS-4. The Morgan fingerprint density at radius 2 is 2.13 bits per heavy atom. The van der Waals surface area contributed by atoms with Crippen molar-refractivity contribution in [3.05, 3.63) is 62.3 Å². The average molecular weight is 715 g/mol. The predicted molar refractivity (Wildman–Crippen MR) is 155 cm³/mol. The van der Waals surface area contributed by atoms with Gasteiger partial charge >= 0.3 is 0 Å². The second-order valence-corrected chi connectivity index (χ2v) is 13.6. The van der Waals surface area contributed by atoms with Gasteiger partial charge in [0.05, 0.1) is 0 Å². The smallest absolute Gasteiger partial charge is 0.131 e. The number of ether oxygens (including phenoxy) is 1. The van der Waals surface area contributed by atoms with Gasteiger partial charge in [-0.15, -0.1) is 43.7 Å². The zero-order valence-corrected chi connectivity index (χ0v) is 26.1. The van der Waals surface area contributed by atoms with E-state index < -0.39 is 12.9 Å². The Morgan fingerprint density at radius 3 is 2.92 bits per heavy atom. The first kappa shape index (κ1) is 25.1. The van der Waals surface area contributed by atoms with E-state index >= 15 is 0 Å². The minimum atomic E-state index is -1.95. The van der Waals surface area contributed by atoms with Crippen molar-refractivity contribution in [1.29, 1.82) is 0 Å². The summed E-state index contributed by atoms with van der Waals surface area (Å²) in [6, 6.07) is -0.228. The number of allylic oxidation sites excluding steroid dienone is 4. The van der Waals surface area contributed by atoms with E-state index in [1.165, 1.54) is 48.9 Å². The summed E-state index contributed by atoms with van der Waals surface area (Å²) < 4.78 is 29.6. The first-order chi connectivity index (χ1) is 19.3. The van der Waals surface area contributed by atoms with Gasteiger partial charge in [0.25, 0.3) is 0 Å². The third-order valence-electron chi connectivity index (χ3n) is 9.08. The number of nitrogens with one attached hydrogen (secondary N) is 1. The standard InChI is InChI=1S/C20H28N2OS.C12H17N.Ir/c1-11-6-7-15-14-4-3-5-16(19(14)23-20(15)22-11)17-9-18-13(10-21-17)8-12(2)24-18;1-10-7-8-12(13-9-10)11-5-3-2-4-6-11;/h5,11-12,14-15,17,20,22H,3-4,6-10H2,1-2H3;8,10H,2-5,7,9H2,1H3;/q2*-2;/t11-,12+,14?,15?,17-,20?;10-;/m10./s1/i1D3;;. The second-order valence-electron chi connectivity index (χ2n) is 12.1. The predicted octanol–water partition coefficient (Wildman–Crippen LogP) is 8.11. The Kier molecular flexibility index (Phi) is 8.51. The molecule has 38 heavy (non-hydrogen) atoms. The molecule has 0 spiro atoms. The third-order valence-corrected chi connectivity index (χ3v) is 10.4. The van der Waals surface area contributed by atoms with Gasteiger partial charge in [0.15, 0.2) is 0 Å². The quantitative estimate of drug-likeness (QED) is 0.294. The molecular weight excluding hydrogens is 667 g/mol. The Labute approximate surface area is 253 Å². The van der Waals surface area contributed by atoms with Gasteiger partial charge in [-0.3, -0.25) is 11.4 Å². The largest absolute Gasteiger partial charge is 0.769 e. The molecule has 0 saturated carbocycles. The summed E-state index contributed by atoms with van der Waals surface area (Å²) in [5.41, 5.74) is 5.47. The molecule has 0 amide bonds. The number of hydrogen-bond donors (Lipinski definition) is 1. The number of rotatable bonds is 2. The molecule has 1 N–H and O–H groups in total. The topological polar surface area (TPSA) is 49.5 Å². The Hall–Kier alpha value is -0.651. The molecule has 5 heterocycles. The summed E-state index contributed by atoms with van der Waals surface area (Å²) in [4.78, 5) is 1.56. The molecule has 0 aromatic carbocycles. The molecule has 7 aliphatic rings. The molecule has 5 aliphatic heterocycles. The molecule has 0 bridgehead atoms. The molecule has 2 saturated heterocycles. The first-order valence-electron chi connectivity index (χ1n) is 16.3. The van der Waals surface area contributed by atoms with Crippen LogP contribution in [-0.4, -0.2) is 36.7 Å². The summed E-state index contributed by atoms with van der Waals surface area (Å²) in [5, 5.41) is 13.6. The maximum absolute atomic E-state index is 7.74. The summed E-state index contributed by atoms with van der Waals surface area (Å²) in [5.74, 6) is 2.69. The maximum Gasteiger partial charge on any atom is 0.131 e. The van der Waals surface area contributed by atoms with E-state index in [1.54, 1.807) is 10.5 Å². The molecule has 2 fully saturated rings. The Bertz CT molecular complexity index is 1090. The van der Waals surface area contributed by atoms with Crippen molar-refractivity contribution in [3.8, 4) is 0 Å². The zero-order chi connectivity index (χ0) is 27.9. The van der Waals surface area contributed by atoms with Crippen LogP contribution in [0.25, 0.3) is 10.6 Å². The second kappa shape index (κ2) is 12.9. The normalized spacial score (nSPS) is 39.5. The molecule has 4 nitrogen and oxygen atoms in total. The van der Waals surface area contributed by atoms with Crippen molar-refractivity contribution in [2.24, 2.45) is 17.8 Å². The minimum absolute atomic E-state index is 0. The molecule has 213 valence electrons. The van der Waals surface area contributed by atoms with Gasteiger partial charge in [0, 0.05) is 41.4 Å². The van der Waals surface area contributed by atoms with Gasteiger partial charge in [-0.05, 0) is 49.1 Å². The van der Waals surface area contributed by atoms with Gasteiger partial charge in [-0.2, -0.15) is 11.6 Å². The van der Waals surface area contributed by atoms with Crippen LogP contribution >= 0.6 is 11.8 Å². The fraction of sp³-hybridized carbons (Fsp3) is 0.719. The number of fused-ring (bicyclic) bond motifs is 3. The summed E-state index contributed by atoms with van der Waals surface area (Å²) in [6.07, 6.45) is 20.2. The summed E-state index contributed by atoms with van der Waals surface area (Å²) in [6.45, 7) is 4.50. The van der Waals surface area contributed by atoms with Crippen molar-refractivity contribution in [2.45, 2.75) is 115 Å². The van der Waals surface area contributed by atoms with Gasteiger partial charge in [-0.25, -0.2) is 12.0 Å². The van der Waals surface area contributed by atoms with Gasteiger partial charge in [-0.1, -0.05) is 57.4 Å². The number of hydrogen-bond acceptors (Lipinski definition) is 3. The number of nitrogens with zero attached hydrogens (tertiary/aromatic N) is 2. The van der Waals surface area contributed by atoms with Crippen molar-refractivity contribution < 1.29 is 29.0 Å². The summed E-state index contributed by atoms with van der Waals surface area (Å²) in [7, 11) is 0. The average Bonchev–Trinajstić information content (AvgIpc) is 3.52. The maximum atomic E-state index is 7.74.